The fourth-order valence-corrected chi connectivity index (χ4v) is 5.44. The molecule has 1 saturated heterocycles. The van der Waals surface area contributed by atoms with E-state index in [1.165, 1.54) is 5.56 Å². The van der Waals surface area contributed by atoms with E-state index in [0.29, 0.717) is 10.6 Å². The normalized spacial score (nSPS) is 16.4. The highest BCUT2D eigenvalue weighted by molar-refractivity contribution is 7.99. The van der Waals surface area contributed by atoms with Crippen molar-refractivity contribution in [2.75, 3.05) is 20.1 Å². The Morgan fingerprint density at radius 3 is 2.69 bits per heavy atom. The Labute approximate surface area is 161 Å². The van der Waals surface area contributed by atoms with E-state index >= 15 is 0 Å². The van der Waals surface area contributed by atoms with Gasteiger partial charge in [0, 0.05) is 16.2 Å². The second-order valence-electron chi connectivity index (χ2n) is 6.87. The van der Waals surface area contributed by atoms with Crippen LogP contribution in [0.25, 0.3) is 21.3 Å². The lowest BCUT2D eigenvalue weighted by molar-refractivity contribution is 0.282. The van der Waals surface area contributed by atoms with Gasteiger partial charge in [-0.3, -0.25) is 4.79 Å². The maximum absolute atomic E-state index is 12.8. The van der Waals surface area contributed by atoms with Crippen molar-refractivity contribution in [2.24, 2.45) is 0 Å². The van der Waals surface area contributed by atoms with Crippen LogP contribution in [0.4, 0.5) is 0 Å². The minimum absolute atomic E-state index is 0.0266. The van der Waals surface area contributed by atoms with Crippen molar-refractivity contribution < 1.29 is 0 Å². The first kappa shape index (κ1) is 17.8. The van der Waals surface area contributed by atoms with Crippen LogP contribution in [0.2, 0.25) is 0 Å². The predicted molar refractivity (Wildman–Crippen MR) is 111 cm³/mol. The van der Waals surface area contributed by atoms with Crippen LogP contribution in [0.5, 0.6) is 0 Å². The van der Waals surface area contributed by atoms with Crippen LogP contribution in [-0.4, -0.2) is 40.3 Å². The molecule has 0 amide bonds. The van der Waals surface area contributed by atoms with Gasteiger partial charge >= 0.3 is 0 Å². The third-order valence-electron chi connectivity index (χ3n) is 5.04. The van der Waals surface area contributed by atoms with Gasteiger partial charge in [0.15, 0.2) is 5.16 Å². The summed E-state index contributed by atoms with van der Waals surface area (Å²) in [5.41, 5.74) is 3.34. The van der Waals surface area contributed by atoms with Crippen LogP contribution < -0.4 is 5.56 Å². The number of hydrogen-bond donors (Lipinski definition) is 1. The van der Waals surface area contributed by atoms with Gasteiger partial charge in [0.05, 0.1) is 5.39 Å². The number of benzene rings is 1. The van der Waals surface area contributed by atoms with Gasteiger partial charge in [-0.2, -0.15) is 0 Å². The molecule has 0 saturated carbocycles. The molecule has 1 aromatic carbocycles. The van der Waals surface area contributed by atoms with Crippen molar-refractivity contribution >= 4 is 33.3 Å². The molecule has 0 bridgehead atoms. The van der Waals surface area contributed by atoms with Crippen LogP contribution in [-0.2, 0) is 6.42 Å². The zero-order chi connectivity index (χ0) is 18.1. The van der Waals surface area contributed by atoms with Gasteiger partial charge in [-0.05, 0) is 50.5 Å². The van der Waals surface area contributed by atoms with Crippen molar-refractivity contribution in [3.63, 3.8) is 0 Å². The van der Waals surface area contributed by atoms with Crippen LogP contribution in [0.15, 0.2) is 39.6 Å². The number of H-pyrrole nitrogens is 1. The molecule has 26 heavy (non-hydrogen) atoms. The first-order valence-electron chi connectivity index (χ1n) is 9.10. The molecule has 1 N–H and O–H groups in total. The number of thioether (sulfide) groups is 1. The topological polar surface area (TPSA) is 49.0 Å². The summed E-state index contributed by atoms with van der Waals surface area (Å²) < 4.78 is 0. The van der Waals surface area contributed by atoms with Crippen molar-refractivity contribution in [3.8, 4) is 11.1 Å². The molecule has 6 heteroatoms. The number of aryl methyl sites for hydroxylation is 1. The Hall–Kier alpha value is -1.63. The van der Waals surface area contributed by atoms with Crippen molar-refractivity contribution in [1.82, 2.24) is 14.9 Å². The number of aromatic nitrogens is 2. The van der Waals surface area contributed by atoms with Crippen LogP contribution in [0.1, 0.15) is 25.3 Å². The minimum atomic E-state index is -0.0266. The summed E-state index contributed by atoms with van der Waals surface area (Å²) in [5, 5.41) is 4.06. The third-order valence-corrected chi connectivity index (χ3v) is 7.13. The summed E-state index contributed by atoms with van der Waals surface area (Å²) in [6.45, 7) is 4.37. The molecule has 1 aliphatic rings. The van der Waals surface area contributed by atoms with E-state index in [1.54, 1.807) is 23.1 Å². The standard InChI is InChI=1S/C20H23N3OS2/c1-3-13-4-6-14(7-5-13)16-12-25-19-17(16)18(24)21-20(22-19)26-15-8-10-23(2)11-9-15/h4-7,12,15H,3,8-11H2,1-2H3,(H,21,22,24). The number of hydrogen-bond acceptors (Lipinski definition) is 5. The first-order chi connectivity index (χ1) is 12.6. The largest absolute Gasteiger partial charge is 0.306 e. The minimum Gasteiger partial charge on any atom is -0.306 e. The van der Waals surface area contributed by atoms with Crippen molar-refractivity contribution in [1.29, 1.82) is 0 Å². The smallest absolute Gasteiger partial charge is 0.260 e. The van der Waals surface area contributed by atoms with Crippen LogP contribution in [0, 0.1) is 0 Å². The molecule has 3 aromatic rings. The average Bonchev–Trinajstić information content (AvgIpc) is 3.08. The molecule has 2 aromatic heterocycles. The SMILES string of the molecule is CCc1ccc(-c2csc3nc(SC4CCN(C)CC4)[nH]c(=O)c23)cc1. The van der Waals surface area contributed by atoms with Crippen molar-refractivity contribution in [3.05, 3.63) is 45.6 Å². The maximum Gasteiger partial charge on any atom is 0.260 e. The lowest BCUT2D eigenvalue weighted by Gasteiger charge is -2.27. The fourth-order valence-electron chi connectivity index (χ4n) is 3.38. The fraction of sp³-hybridized carbons (Fsp3) is 0.400. The second kappa shape index (κ2) is 7.55. The Kier molecular flexibility index (Phi) is 5.16. The van der Waals surface area contributed by atoms with Crippen LogP contribution >= 0.6 is 23.1 Å². The summed E-state index contributed by atoms with van der Waals surface area (Å²) in [7, 11) is 2.16. The van der Waals surface area contributed by atoms with Crippen LogP contribution in [0.3, 0.4) is 0 Å². The van der Waals surface area contributed by atoms with E-state index in [1.807, 2.05) is 0 Å². The summed E-state index contributed by atoms with van der Waals surface area (Å²) in [6.07, 6.45) is 3.30. The number of rotatable bonds is 4. The molecule has 1 aliphatic heterocycles. The van der Waals surface area contributed by atoms with Gasteiger partial charge in [-0.25, -0.2) is 4.98 Å². The molecule has 0 atom stereocenters. The van der Waals surface area contributed by atoms with Gasteiger partial charge in [-0.1, -0.05) is 43.0 Å². The molecule has 4 nitrogen and oxygen atoms in total. The average molecular weight is 386 g/mol. The summed E-state index contributed by atoms with van der Waals surface area (Å²) in [6, 6.07) is 8.46. The number of nitrogens with one attached hydrogen (secondary N) is 1. The zero-order valence-electron chi connectivity index (χ0n) is 15.1. The van der Waals surface area contributed by atoms with E-state index in [4.69, 9.17) is 4.98 Å². The molecule has 1 fully saturated rings. The number of likely N-dealkylation sites (tertiary alicyclic amines) is 1. The van der Waals surface area contributed by atoms with E-state index < -0.39 is 0 Å². The third kappa shape index (κ3) is 3.59. The van der Waals surface area contributed by atoms with Gasteiger partial charge < -0.3 is 9.88 Å². The number of piperidine rings is 1. The quantitative estimate of drug-likeness (QED) is 0.676. The monoisotopic (exact) mass is 385 g/mol. The number of aromatic amines is 1. The van der Waals surface area contributed by atoms with Gasteiger partial charge in [0.2, 0.25) is 0 Å². The number of thiophene rings is 1. The van der Waals surface area contributed by atoms with Gasteiger partial charge in [-0.15, -0.1) is 11.3 Å². The molecule has 0 aliphatic carbocycles. The lowest BCUT2D eigenvalue weighted by atomic mass is 10.0. The zero-order valence-corrected chi connectivity index (χ0v) is 16.8. The molecular weight excluding hydrogens is 362 g/mol. The predicted octanol–water partition coefficient (Wildman–Crippen LogP) is 4.40. The highest BCUT2D eigenvalue weighted by Gasteiger charge is 2.20. The van der Waals surface area contributed by atoms with E-state index in [0.717, 1.165) is 53.5 Å². The first-order valence-corrected chi connectivity index (χ1v) is 10.9. The Balaban J connectivity index is 1.63. The highest BCUT2D eigenvalue weighted by atomic mass is 32.2. The molecule has 4 rings (SSSR count). The summed E-state index contributed by atoms with van der Waals surface area (Å²) >= 11 is 3.28. The molecule has 3 heterocycles. The Morgan fingerprint density at radius 1 is 1.27 bits per heavy atom. The molecule has 0 radical (unpaired) electrons. The molecule has 136 valence electrons. The Morgan fingerprint density at radius 2 is 2.00 bits per heavy atom. The van der Waals surface area contributed by atoms with E-state index in [-0.39, 0.29) is 5.56 Å². The number of fused-ring (bicyclic) bond motifs is 1. The Bertz CT molecular complexity index is 953. The van der Waals surface area contributed by atoms with E-state index in [2.05, 4.69) is 53.5 Å². The molecule has 0 spiro atoms. The van der Waals surface area contributed by atoms with Crippen molar-refractivity contribution in [2.45, 2.75) is 36.6 Å². The van der Waals surface area contributed by atoms with E-state index in [9.17, 15) is 4.79 Å². The summed E-state index contributed by atoms with van der Waals surface area (Å²) in [5.74, 6) is 0. The summed E-state index contributed by atoms with van der Waals surface area (Å²) in [4.78, 5) is 23.7. The second-order valence-corrected chi connectivity index (χ2v) is 9.02. The number of nitrogens with zero attached hydrogens (tertiary/aromatic N) is 2. The highest BCUT2D eigenvalue weighted by Crippen LogP contribution is 2.33. The van der Waals surface area contributed by atoms with Gasteiger partial charge in [0.25, 0.3) is 5.56 Å². The molecular formula is C20H23N3OS2. The molecule has 0 unspecified atom stereocenters. The maximum atomic E-state index is 12.8. The van der Waals surface area contributed by atoms with Gasteiger partial charge in [0.1, 0.15) is 4.83 Å². The lowest BCUT2D eigenvalue weighted by Crippen LogP contribution is -2.31.